The summed E-state index contributed by atoms with van der Waals surface area (Å²) < 4.78 is 19.7. The minimum Gasteiger partial charge on any atom is -0.490 e. The van der Waals surface area contributed by atoms with Crippen LogP contribution in [-0.2, 0) is 16.1 Å². The number of hydrogen-bond donors (Lipinski definition) is 0. The van der Waals surface area contributed by atoms with E-state index in [0.717, 1.165) is 27.1 Å². The average Bonchev–Trinajstić information content (AvgIpc) is 3.42. The van der Waals surface area contributed by atoms with Crippen molar-refractivity contribution in [3.8, 4) is 11.5 Å². The zero-order valence-electron chi connectivity index (χ0n) is 26.3. The number of carbonyl (C=O) groups excluding carboxylic acids is 1. The number of fused-ring (bicyclic) bond motifs is 1. The van der Waals surface area contributed by atoms with E-state index in [4.69, 9.17) is 19.2 Å². The van der Waals surface area contributed by atoms with Gasteiger partial charge in [-0.2, -0.15) is 0 Å². The summed E-state index contributed by atoms with van der Waals surface area (Å²) in [4.78, 5) is 34.5. The molecular weight excluding hydrogens is 629 g/mol. The highest BCUT2D eigenvalue weighted by atomic mass is 32.2. The van der Waals surface area contributed by atoms with E-state index in [0.29, 0.717) is 45.3 Å². The van der Waals surface area contributed by atoms with E-state index < -0.39 is 12.0 Å². The summed E-state index contributed by atoms with van der Waals surface area (Å²) in [7, 11) is 0. The van der Waals surface area contributed by atoms with Crippen LogP contribution in [0.1, 0.15) is 42.1 Å². The highest BCUT2D eigenvalue weighted by molar-refractivity contribution is 7.98. The smallest absolute Gasteiger partial charge is 0.338 e. The molecule has 9 heteroatoms. The summed E-state index contributed by atoms with van der Waals surface area (Å²) in [6.07, 6.45) is 3.84. The fourth-order valence-corrected chi connectivity index (χ4v) is 6.84. The van der Waals surface area contributed by atoms with E-state index >= 15 is 0 Å². The van der Waals surface area contributed by atoms with Gasteiger partial charge in [0.15, 0.2) is 16.3 Å². The van der Waals surface area contributed by atoms with E-state index in [1.807, 2.05) is 122 Å². The molecule has 0 amide bonds. The SMILES string of the molecule is CCOC(=O)C1=C(c2ccccc2)N=c2s/c(=C\c3ccc(OCc4ccccc4)c(OCC)c3)c(=O)n2[C@H]1c1ccc(SC)cc1. The van der Waals surface area contributed by atoms with Crippen LogP contribution in [0.5, 0.6) is 11.5 Å². The number of esters is 1. The van der Waals surface area contributed by atoms with E-state index in [2.05, 4.69) is 0 Å². The Morgan fingerprint density at radius 3 is 2.30 bits per heavy atom. The Morgan fingerprint density at radius 1 is 0.894 bits per heavy atom. The quantitative estimate of drug-likeness (QED) is 0.117. The number of hydrogen-bond acceptors (Lipinski definition) is 8. The van der Waals surface area contributed by atoms with Crippen molar-refractivity contribution < 1.29 is 19.0 Å². The number of benzene rings is 4. The number of thiazole rings is 1. The molecule has 0 bridgehead atoms. The number of aromatic nitrogens is 1. The predicted molar refractivity (Wildman–Crippen MR) is 188 cm³/mol. The molecule has 1 aliphatic heterocycles. The van der Waals surface area contributed by atoms with Crippen LogP contribution in [0.25, 0.3) is 11.8 Å². The van der Waals surface area contributed by atoms with Crippen molar-refractivity contribution in [2.75, 3.05) is 19.5 Å². The van der Waals surface area contributed by atoms with Gasteiger partial charge >= 0.3 is 5.97 Å². The van der Waals surface area contributed by atoms with E-state index in [1.54, 1.807) is 23.3 Å². The van der Waals surface area contributed by atoms with Gasteiger partial charge < -0.3 is 14.2 Å². The number of carbonyl (C=O) groups is 1. The van der Waals surface area contributed by atoms with Crippen LogP contribution in [0, 0.1) is 0 Å². The fraction of sp³-hybridized carbons (Fsp3) is 0.184. The van der Waals surface area contributed by atoms with Crippen LogP contribution in [0.3, 0.4) is 0 Å². The van der Waals surface area contributed by atoms with Gasteiger partial charge in [-0.05, 0) is 67.1 Å². The van der Waals surface area contributed by atoms with Gasteiger partial charge in [-0.3, -0.25) is 9.36 Å². The van der Waals surface area contributed by atoms with Crippen molar-refractivity contribution >= 4 is 40.8 Å². The summed E-state index contributed by atoms with van der Waals surface area (Å²) in [5, 5.41) is 0. The lowest BCUT2D eigenvalue weighted by atomic mass is 9.93. The molecule has 4 aromatic carbocycles. The Labute approximate surface area is 281 Å². The molecule has 0 N–H and O–H groups in total. The molecule has 0 radical (unpaired) electrons. The van der Waals surface area contributed by atoms with Gasteiger partial charge in [-0.25, -0.2) is 9.79 Å². The van der Waals surface area contributed by atoms with E-state index in [1.165, 1.54) is 11.3 Å². The number of rotatable bonds is 11. The molecule has 0 fully saturated rings. The maximum atomic E-state index is 14.3. The van der Waals surface area contributed by atoms with Crippen molar-refractivity contribution in [3.05, 3.63) is 151 Å². The van der Waals surface area contributed by atoms with Crippen molar-refractivity contribution in [3.63, 3.8) is 0 Å². The van der Waals surface area contributed by atoms with E-state index in [-0.39, 0.29) is 12.2 Å². The Morgan fingerprint density at radius 2 is 1.62 bits per heavy atom. The molecule has 7 nitrogen and oxygen atoms in total. The van der Waals surface area contributed by atoms with Crippen molar-refractivity contribution in [2.45, 2.75) is 31.4 Å². The number of thioether (sulfide) groups is 1. The monoisotopic (exact) mass is 662 g/mol. The molecular formula is C38H34N2O5S2. The molecule has 2 heterocycles. The lowest BCUT2D eigenvalue weighted by Gasteiger charge is -2.26. The molecule has 1 atom stereocenters. The highest BCUT2D eigenvalue weighted by Crippen LogP contribution is 2.36. The van der Waals surface area contributed by atoms with Gasteiger partial charge in [0.05, 0.1) is 35.1 Å². The third kappa shape index (κ3) is 6.96. The summed E-state index contributed by atoms with van der Waals surface area (Å²) in [5.41, 5.74) is 3.96. The van der Waals surface area contributed by atoms with Crippen LogP contribution in [0.4, 0.5) is 0 Å². The molecule has 47 heavy (non-hydrogen) atoms. The first kappa shape index (κ1) is 32.1. The first-order valence-corrected chi connectivity index (χ1v) is 17.4. The molecule has 6 rings (SSSR count). The van der Waals surface area contributed by atoms with Gasteiger partial charge in [0.25, 0.3) is 5.56 Å². The molecule has 0 saturated heterocycles. The Hall–Kier alpha value is -4.86. The van der Waals surface area contributed by atoms with Crippen LogP contribution in [0.15, 0.2) is 123 Å². The Bertz CT molecular complexity index is 2090. The summed E-state index contributed by atoms with van der Waals surface area (Å²) in [6, 6.07) is 32.3. The number of nitrogens with zero attached hydrogens (tertiary/aromatic N) is 2. The van der Waals surface area contributed by atoms with Gasteiger partial charge in [0, 0.05) is 10.5 Å². The molecule has 5 aromatic rings. The van der Waals surface area contributed by atoms with Crippen LogP contribution in [-0.4, -0.2) is 30.0 Å². The van der Waals surface area contributed by atoms with Gasteiger partial charge in [-0.1, -0.05) is 90.2 Å². The second-order valence-electron chi connectivity index (χ2n) is 10.6. The molecule has 1 aromatic heterocycles. The molecule has 0 unspecified atom stereocenters. The largest absolute Gasteiger partial charge is 0.490 e. The lowest BCUT2D eigenvalue weighted by Crippen LogP contribution is -2.40. The van der Waals surface area contributed by atoms with Crippen molar-refractivity contribution in [1.29, 1.82) is 0 Å². The first-order chi connectivity index (χ1) is 23.0. The fourth-order valence-electron chi connectivity index (χ4n) is 5.43. The van der Waals surface area contributed by atoms with Crippen LogP contribution >= 0.6 is 23.1 Å². The third-order valence-corrected chi connectivity index (χ3v) is 9.33. The molecule has 0 spiro atoms. The summed E-state index contributed by atoms with van der Waals surface area (Å²) in [6.45, 7) is 4.75. The lowest BCUT2D eigenvalue weighted by molar-refractivity contribution is -0.138. The van der Waals surface area contributed by atoms with E-state index in [9.17, 15) is 9.59 Å². The van der Waals surface area contributed by atoms with Crippen LogP contribution < -0.4 is 24.4 Å². The average molecular weight is 663 g/mol. The molecule has 0 saturated carbocycles. The van der Waals surface area contributed by atoms with Gasteiger partial charge in [-0.15, -0.1) is 11.8 Å². The minimum atomic E-state index is -0.730. The molecule has 0 aliphatic carbocycles. The second kappa shape index (κ2) is 14.7. The van der Waals surface area contributed by atoms with Gasteiger partial charge in [0.1, 0.15) is 6.61 Å². The Kier molecular flexibility index (Phi) is 10.0. The zero-order chi connectivity index (χ0) is 32.8. The van der Waals surface area contributed by atoms with Crippen molar-refractivity contribution in [1.82, 2.24) is 4.57 Å². The van der Waals surface area contributed by atoms with Crippen molar-refractivity contribution in [2.24, 2.45) is 4.99 Å². The topological polar surface area (TPSA) is 79.1 Å². The minimum absolute atomic E-state index is 0.195. The highest BCUT2D eigenvalue weighted by Gasteiger charge is 2.35. The Balaban J connectivity index is 1.49. The molecule has 1 aliphatic rings. The normalized spacial score (nSPS) is 14.4. The maximum absolute atomic E-state index is 14.3. The summed E-state index contributed by atoms with van der Waals surface area (Å²) in [5.74, 6) is 0.707. The zero-order valence-corrected chi connectivity index (χ0v) is 28.0. The molecule has 238 valence electrons. The van der Waals surface area contributed by atoms with Gasteiger partial charge in [0.2, 0.25) is 0 Å². The van der Waals surface area contributed by atoms with Crippen LogP contribution in [0.2, 0.25) is 0 Å². The second-order valence-corrected chi connectivity index (χ2v) is 12.5. The maximum Gasteiger partial charge on any atom is 0.338 e. The summed E-state index contributed by atoms with van der Waals surface area (Å²) >= 11 is 2.91. The predicted octanol–water partition coefficient (Wildman–Crippen LogP) is 6.64. The number of ether oxygens (including phenoxy) is 3. The first-order valence-electron chi connectivity index (χ1n) is 15.4. The standard InChI is InChI=1S/C38H34N2O5S2/c1-4-43-31-22-26(16-21-30(31)45-24-25-12-8-6-9-13-25)23-32-36(41)40-35(28-17-19-29(46-3)20-18-28)33(37(42)44-5-2)34(39-38(40)47-32)27-14-10-7-11-15-27/h6-23,35H,4-5,24H2,1-3H3/b32-23-/t35-/m0/s1. The third-order valence-electron chi connectivity index (χ3n) is 7.61.